The second kappa shape index (κ2) is 4.37. The molecular weight excluding hydrogens is 325 g/mol. The second-order valence-electron chi connectivity index (χ2n) is 5.47. The first-order valence-electron chi connectivity index (χ1n) is 6.49. The van der Waals surface area contributed by atoms with E-state index in [-0.39, 0.29) is 0 Å². The van der Waals surface area contributed by atoms with Crippen LogP contribution in [0.15, 0.2) is 0 Å². The molecule has 2 unspecified atom stereocenters. The number of rotatable bonds is 2. The van der Waals surface area contributed by atoms with Crippen molar-refractivity contribution in [2.45, 2.75) is 50.9 Å². The van der Waals surface area contributed by atoms with Crippen LogP contribution in [0, 0.1) is 9.49 Å². The molecule has 2 aliphatic carbocycles. The molecule has 0 aromatic carbocycles. The maximum absolute atomic E-state index is 6.04. The standard InChI is InChI=1S/C13H18IN3/c1-7-6-9(7)13-16-11(8-4-2-3-5-8)10(14)12(15)17-13/h7-9H,2-6H2,1H3,(H2,15,16,17). The zero-order valence-electron chi connectivity index (χ0n) is 10.1. The third-order valence-electron chi connectivity index (χ3n) is 4.10. The van der Waals surface area contributed by atoms with Gasteiger partial charge in [-0.15, -0.1) is 0 Å². The maximum atomic E-state index is 6.04. The summed E-state index contributed by atoms with van der Waals surface area (Å²) < 4.78 is 1.09. The van der Waals surface area contributed by atoms with Gasteiger partial charge in [0, 0.05) is 11.8 Å². The molecule has 4 heteroatoms. The van der Waals surface area contributed by atoms with Crippen LogP contribution in [-0.2, 0) is 0 Å². The Morgan fingerprint density at radius 1 is 1.24 bits per heavy atom. The fourth-order valence-corrected chi connectivity index (χ4v) is 3.50. The summed E-state index contributed by atoms with van der Waals surface area (Å²) in [7, 11) is 0. The lowest BCUT2D eigenvalue weighted by Gasteiger charge is -2.13. The molecule has 0 radical (unpaired) electrons. The van der Waals surface area contributed by atoms with E-state index in [1.807, 2.05) is 0 Å². The van der Waals surface area contributed by atoms with Crippen molar-refractivity contribution in [1.82, 2.24) is 9.97 Å². The maximum Gasteiger partial charge on any atom is 0.140 e. The summed E-state index contributed by atoms with van der Waals surface area (Å²) in [6, 6.07) is 0. The van der Waals surface area contributed by atoms with Crippen LogP contribution in [-0.4, -0.2) is 9.97 Å². The number of nitrogens with two attached hydrogens (primary N) is 1. The molecule has 3 nitrogen and oxygen atoms in total. The molecule has 0 bridgehead atoms. The predicted molar refractivity (Wildman–Crippen MR) is 76.9 cm³/mol. The smallest absolute Gasteiger partial charge is 0.140 e. The summed E-state index contributed by atoms with van der Waals surface area (Å²) in [5.41, 5.74) is 7.27. The van der Waals surface area contributed by atoms with Crippen LogP contribution in [0.5, 0.6) is 0 Å². The number of hydrogen-bond donors (Lipinski definition) is 1. The molecule has 2 atom stereocenters. The lowest BCUT2D eigenvalue weighted by atomic mass is 10.0. The van der Waals surface area contributed by atoms with Crippen LogP contribution >= 0.6 is 22.6 Å². The first-order chi connectivity index (χ1) is 8.16. The Labute approximate surface area is 116 Å². The van der Waals surface area contributed by atoms with Crippen molar-refractivity contribution in [3.05, 3.63) is 15.1 Å². The van der Waals surface area contributed by atoms with Crippen molar-refractivity contribution < 1.29 is 0 Å². The van der Waals surface area contributed by atoms with Gasteiger partial charge >= 0.3 is 0 Å². The molecule has 92 valence electrons. The van der Waals surface area contributed by atoms with E-state index >= 15 is 0 Å². The molecule has 0 aliphatic heterocycles. The lowest BCUT2D eigenvalue weighted by molar-refractivity contribution is 0.676. The third kappa shape index (κ3) is 2.16. The quantitative estimate of drug-likeness (QED) is 0.837. The van der Waals surface area contributed by atoms with Crippen LogP contribution in [0.2, 0.25) is 0 Å². The van der Waals surface area contributed by atoms with Crippen molar-refractivity contribution in [2.24, 2.45) is 5.92 Å². The van der Waals surface area contributed by atoms with E-state index in [0.717, 1.165) is 15.3 Å². The van der Waals surface area contributed by atoms with Gasteiger partial charge in [-0.05, 0) is 47.8 Å². The minimum atomic E-state index is 0.564. The van der Waals surface area contributed by atoms with E-state index in [0.29, 0.717) is 17.7 Å². The molecular formula is C13H18IN3. The molecule has 0 spiro atoms. The van der Waals surface area contributed by atoms with Crippen LogP contribution in [0.3, 0.4) is 0 Å². The summed E-state index contributed by atoms with van der Waals surface area (Å²) >= 11 is 2.31. The van der Waals surface area contributed by atoms with E-state index in [1.165, 1.54) is 37.8 Å². The Morgan fingerprint density at radius 3 is 2.47 bits per heavy atom. The SMILES string of the molecule is CC1CC1c1nc(N)c(I)c(C2CCCC2)n1. The van der Waals surface area contributed by atoms with Gasteiger partial charge in [0.25, 0.3) is 0 Å². The Kier molecular flexibility index (Phi) is 3.00. The van der Waals surface area contributed by atoms with E-state index in [1.54, 1.807) is 0 Å². The molecule has 17 heavy (non-hydrogen) atoms. The van der Waals surface area contributed by atoms with Crippen LogP contribution < -0.4 is 5.73 Å². The van der Waals surface area contributed by atoms with Crippen molar-refractivity contribution >= 4 is 28.4 Å². The summed E-state index contributed by atoms with van der Waals surface area (Å²) in [6.07, 6.45) is 6.43. The Balaban J connectivity index is 1.97. The van der Waals surface area contributed by atoms with Gasteiger partial charge in [-0.25, -0.2) is 9.97 Å². The third-order valence-corrected chi connectivity index (χ3v) is 5.21. The largest absolute Gasteiger partial charge is 0.383 e. The fourth-order valence-electron chi connectivity index (χ4n) is 2.82. The zero-order valence-corrected chi connectivity index (χ0v) is 12.3. The predicted octanol–water partition coefficient (Wildman–Crippen LogP) is 3.44. The van der Waals surface area contributed by atoms with Crippen LogP contribution in [0.25, 0.3) is 0 Å². The molecule has 2 fully saturated rings. The van der Waals surface area contributed by atoms with Gasteiger partial charge in [0.15, 0.2) is 0 Å². The molecule has 0 amide bonds. The highest BCUT2D eigenvalue weighted by molar-refractivity contribution is 14.1. The van der Waals surface area contributed by atoms with E-state index < -0.39 is 0 Å². The van der Waals surface area contributed by atoms with Gasteiger partial charge < -0.3 is 5.73 Å². The fraction of sp³-hybridized carbons (Fsp3) is 0.692. The summed E-state index contributed by atoms with van der Waals surface area (Å²) in [6.45, 7) is 2.26. The van der Waals surface area contributed by atoms with Crippen LogP contribution in [0.1, 0.15) is 62.4 Å². The first-order valence-corrected chi connectivity index (χ1v) is 7.57. The highest BCUT2D eigenvalue weighted by Gasteiger charge is 2.37. The molecule has 2 aliphatic rings. The molecule has 1 heterocycles. The van der Waals surface area contributed by atoms with Crippen LogP contribution in [0.4, 0.5) is 5.82 Å². The minimum Gasteiger partial charge on any atom is -0.383 e. The van der Waals surface area contributed by atoms with Gasteiger partial charge in [-0.3, -0.25) is 0 Å². The van der Waals surface area contributed by atoms with E-state index in [2.05, 4.69) is 34.5 Å². The van der Waals surface area contributed by atoms with Crippen molar-refractivity contribution in [3.63, 3.8) is 0 Å². The van der Waals surface area contributed by atoms with Crippen molar-refractivity contribution in [3.8, 4) is 0 Å². The Hall–Kier alpha value is -0.390. The molecule has 2 N–H and O–H groups in total. The van der Waals surface area contributed by atoms with Crippen molar-refractivity contribution in [1.29, 1.82) is 0 Å². The number of nitrogens with zero attached hydrogens (tertiary/aromatic N) is 2. The lowest BCUT2D eigenvalue weighted by Crippen LogP contribution is -2.09. The average Bonchev–Trinajstić information content (AvgIpc) is 2.81. The van der Waals surface area contributed by atoms with E-state index in [9.17, 15) is 0 Å². The van der Waals surface area contributed by atoms with Gasteiger partial charge in [-0.2, -0.15) is 0 Å². The minimum absolute atomic E-state index is 0.564. The summed E-state index contributed by atoms with van der Waals surface area (Å²) in [4.78, 5) is 9.31. The first kappa shape index (κ1) is 11.7. The van der Waals surface area contributed by atoms with Crippen molar-refractivity contribution in [2.75, 3.05) is 5.73 Å². The topological polar surface area (TPSA) is 51.8 Å². The number of halogens is 1. The molecule has 3 rings (SSSR count). The summed E-state index contributed by atoms with van der Waals surface area (Å²) in [5.74, 6) is 3.62. The van der Waals surface area contributed by atoms with Gasteiger partial charge in [-0.1, -0.05) is 19.8 Å². The van der Waals surface area contributed by atoms with Gasteiger partial charge in [0.05, 0.1) is 9.26 Å². The van der Waals surface area contributed by atoms with Gasteiger partial charge in [0.2, 0.25) is 0 Å². The monoisotopic (exact) mass is 343 g/mol. The molecule has 0 saturated heterocycles. The highest BCUT2D eigenvalue weighted by atomic mass is 127. The number of aromatic nitrogens is 2. The summed E-state index contributed by atoms with van der Waals surface area (Å²) in [5, 5.41) is 0. The average molecular weight is 343 g/mol. The normalized spacial score (nSPS) is 28.6. The highest BCUT2D eigenvalue weighted by Crippen LogP contribution is 2.46. The molecule has 2 saturated carbocycles. The number of nitrogen functional groups attached to an aromatic ring is 1. The Bertz CT molecular complexity index is 441. The molecule has 1 aromatic rings. The molecule has 1 aromatic heterocycles. The Morgan fingerprint density at radius 2 is 1.88 bits per heavy atom. The van der Waals surface area contributed by atoms with Gasteiger partial charge in [0.1, 0.15) is 11.6 Å². The van der Waals surface area contributed by atoms with E-state index in [4.69, 9.17) is 10.7 Å². The number of anilines is 1. The second-order valence-corrected chi connectivity index (χ2v) is 6.55. The number of hydrogen-bond acceptors (Lipinski definition) is 3. The zero-order chi connectivity index (χ0) is 12.0.